The molecule has 0 N–H and O–H groups in total. The monoisotopic (exact) mass is 984 g/mol. The minimum absolute atomic E-state index is 0.322. The van der Waals surface area contributed by atoms with Crippen molar-refractivity contribution in [3.05, 3.63) is 71.3 Å². The number of ether oxygens (including phenoxy) is 3. The summed E-state index contributed by atoms with van der Waals surface area (Å²) < 4.78 is 18.2. The van der Waals surface area contributed by atoms with Gasteiger partial charge >= 0.3 is 0 Å². The van der Waals surface area contributed by atoms with Gasteiger partial charge in [-0.25, -0.2) is 0 Å². The topological polar surface area (TPSA) is 27.7 Å². The van der Waals surface area contributed by atoms with E-state index in [1.807, 2.05) is 21.3 Å². The fraction of sp³-hybridized carbons (Fsp3) is 0.700. The van der Waals surface area contributed by atoms with Crippen molar-refractivity contribution >= 4 is 39.5 Å². The van der Waals surface area contributed by atoms with Crippen LogP contribution in [0.25, 0.3) is 0 Å². The van der Waals surface area contributed by atoms with Crippen LogP contribution >= 0.6 is 0 Å². The second-order valence-corrected chi connectivity index (χ2v) is 30.1. The normalized spacial score (nSPS) is 12.3. The predicted molar refractivity (Wildman–Crippen MR) is 300 cm³/mol. The third-order valence-corrected chi connectivity index (χ3v) is 21.5. The molecule has 0 heterocycles. The largest absolute Gasteiger partial charge is 0.496 e. The molecule has 0 aliphatic rings. The van der Waals surface area contributed by atoms with Gasteiger partial charge in [0.15, 0.2) is 14.7 Å². The molecule has 7 heteroatoms. The lowest BCUT2D eigenvalue weighted by Gasteiger charge is -2.24. The molecule has 0 saturated carbocycles. The van der Waals surface area contributed by atoms with Crippen LogP contribution in [0.5, 0.6) is 17.2 Å². The van der Waals surface area contributed by atoms with Gasteiger partial charge in [-0.05, 0) is 87.5 Å². The molecular formula is C60H99O3SSi3+. The minimum Gasteiger partial charge on any atom is -0.496 e. The van der Waals surface area contributed by atoms with Gasteiger partial charge in [-0.1, -0.05) is 215 Å². The second-order valence-electron chi connectivity index (χ2n) is 21.5. The summed E-state index contributed by atoms with van der Waals surface area (Å²) in [6.45, 7) is 21.9. The maximum atomic E-state index is 6.08. The quantitative estimate of drug-likeness (QED) is 0.0324. The van der Waals surface area contributed by atoms with Gasteiger partial charge in [0.05, 0.1) is 32.2 Å². The zero-order valence-corrected chi connectivity index (χ0v) is 49.2. The highest BCUT2D eigenvalue weighted by molar-refractivity contribution is 7.97. The van der Waals surface area contributed by atoms with Crippen LogP contribution in [0.3, 0.4) is 0 Å². The van der Waals surface area contributed by atoms with Crippen LogP contribution in [0.2, 0.25) is 33.2 Å². The van der Waals surface area contributed by atoms with Gasteiger partial charge in [-0.3, -0.25) is 0 Å². The van der Waals surface area contributed by atoms with Crippen molar-refractivity contribution in [3.8, 4) is 17.2 Å². The third-order valence-electron chi connectivity index (χ3n) is 13.9. The van der Waals surface area contributed by atoms with E-state index in [4.69, 9.17) is 14.2 Å². The van der Waals surface area contributed by atoms with Crippen molar-refractivity contribution in [3.63, 3.8) is 0 Å². The van der Waals surface area contributed by atoms with Gasteiger partial charge in [-0.15, -0.1) is 0 Å². The first-order chi connectivity index (χ1) is 32.2. The van der Waals surface area contributed by atoms with Crippen molar-refractivity contribution in [2.24, 2.45) is 0 Å². The maximum Gasteiger partial charge on any atom is 0.167 e. The SMILES string of the molecule is CCCCCCCC(C)(C)[Si]CCCc1cc([S+](c2ccc(OC)c(CCC[Si]C(C)(C)CCCCCCC)c2)c2ccc(OC)c(CCC[Si]C(C)(C)CCCCCCC)c2)ccc1OC. The molecule has 0 saturated heterocycles. The molecule has 0 aliphatic heterocycles. The van der Waals surface area contributed by atoms with E-state index in [2.05, 4.69) is 117 Å². The van der Waals surface area contributed by atoms with Crippen LogP contribution in [0, 0.1) is 0 Å². The Morgan fingerprint density at radius 1 is 0.373 bits per heavy atom. The summed E-state index contributed by atoms with van der Waals surface area (Å²) in [7, 11) is 8.19. The Balaban J connectivity index is 1.91. The lowest BCUT2D eigenvalue weighted by molar-refractivity contribution is 0.409. The molecule has 3 aromatic carbocycles. The minimum atomic E-state index is -0.322. The van der Waals surface area contributed by atoms with E-state index >= 15 is 0 Å². The molecule has 67 heavy (non-hydrogen) atoms. The van der Waals surface area contributed by atoms with E-state index < -0.39 is 0 Å². The molecule has 0 aromatic heterocycles. The zero-order valence-electron chi connectivity index (χ0n) is 45.4. The molecule has 0 unspecified atom stereocenters. The summed E-state index contributed by atoms with van der Waals surface area (Å²) >= 11 is 0. The van der Waals surface area contributed by atoms with Crippen LogP contribution in [0.4, 0.5) is 0 Å². The maximum absolute atomic E-state index is 6.08. The van der Waals surface area contributed by atoms with Crippen molar-refractivity contribution in [2.45, 2.75) is 264 Å². The Morgan fingerprint density at radius 3 is 0.896 bits per heavy atom. The van der Waals surface area contributed by atoms with Crippen LogP contribution in [0.1, 0.15) is 214 Å². The molecule has 0 atom stereocenters. The number of unbranched alkanes of at least 4 members (excludes halogenated alkanes) is 12. The fourth-order valence-electron chi connectivity index (χ4n) is 9.53. The summed E-state index contributed by atoms with van der Waals surface area (Å²) in [4.78, 5) is 4.09. The molecule has 374 valence electrons. The van der Waals surface area contributed by atoms with E-state index in [9.17, 15) is 0 Å². The van der Waals surface area contributed by atoms with Crippen LogP contribution in [-0.2, 0) is 30.2 Å². The average Bonchev–Trinajstić information content (AvgIpc) is 3.30. The molecular weight excluding hydrogens is 885 g/mol. The van der Waals surface area contributed by atoms with Gasteiger partial charge in [0.25, 0.3) is 0 Å². The van der Waals surface area contributed by atoms with E-state index in [0.29, 0.717) is 15.1 Å². The number of aryl methyl sites for hydroxylation is 3. The lowest BCUT2D eigenvalue weighted by atomic mass is 10.0. The number of rotatable bonds is 39. The fourth-order valence-corrected chi connectivity index (χ4v) is 15.9. The molecule has 3 aromatic rings. The Morgan fingerprint density at radius 2 is 0.642 bits per heavy atom. The third kappa shape index (κ3) is 23.2. The van der Waals surface area contributed by atoms with Gasteiger partial charge in [0, 0.05) is 46.8 Å². The van der Waals surface area contributed by atoms with Crippen LogP contribution in [-0.4, -0.2) is 49.9 Å². The van der Waals surface area contributed by atoms with Crippen molar-refractivity contribution in [2.75, 3.05) is 21.3 Å². The Bertz CT molecular complexity index is 1570. The Labute approximate surface area is 425 Å². The molecule has 0 bridgehead atoms. The van der Waals surface area contributed by atoms with E-state index in [-0.39, 0.29) is 10.9 Å². The molecule has 0 spiro atoms. The first-order valence-electron chi connectivity index (χ1n) is 27.2. The molecule has 0 fully saturated rings. The van der Waals surface area contributed by atoms with Gasteiger partial charge in [0.1, 0.15) is 17.2 Å². The number of hydrogen-bond acceptors (Lipinski definition) is 3. The van der Waals surface area contributed by atoms with Crippen molar-refractivity contribution in [1.29, 1.82) is 0 Å². The zero-order chi connectivity index (χ0) is 49.0. The van der Waals surface area contributed by atoms with Gasteiger partial charge in [-0.2, -0.15) is 0 Å². The van der Waals surface area contributed by atoms with Gasteiger partial charge in [0.2, 0.25) is 0 Å². The Kier molecular flexibility index (Phi) is 29.1. The first kappa shape index (κ1) is 59.4. The molecule has 3 nitrogen and oxygen atoms in total. The van der Waals surface area contributed by atoms with Crippen molar-refractivity contribution in [1.82, 2.24) is 0 Å². The molecule has 0 amide bonds. The smallest absolute Gasteiger partial charge is 0.167 e. The number of methoxy groups -OCH3 is 3. The van der Waals surface area contributed by atoms with E-state index in [0.717, 1.165) is 65.1 Å². The van der Waals surface area contributed by atoms with Crippen molar-refractivity contribution < 1.29 is 14.2 Å². The highest BCUT2D eigenvalue weighted by atomic mass is 32.2. The lowest BCUT2D eigenvalue weighted by Crippen LogP contribution is -2.13. The summed E-state index contributed by atoms with van der Waals surface area (Å²) in [6.07, 6.45) is 31.2. The highest BCUT2D eigenvalue weighted by Crippen LogP contribution is 2.40. The van der Waals surface area contributed by atoms with E-state index in [1.54, 1.807) is 0 Å². The number of benzene rings is 3. The van der Waals surface area contributed by atoms with Crippen LogP contribution < -0.4 is 14.2 Å². The summed E-state index contributed by atoms with van der Waals surface area (Å²) in [6, 6.07) is 25.1. The molecule has 0 aliphatic carbocycles. The summed E-state index contributed by atoms with van der Waals surface area (Å²) in [5.41, 5.74) is 4.01. The standard InChI is InChI=1S/C60H99O3SSi3/c1-13-16-19-22-25-40-58(4,5)65-43-28-31-49-46-52(34-37-55(49)61-10)64(53-35-38-56(62-11)50(47-53)32-29-44-66-59(6,7)41-26-23-20-17-14-2)54-36-39-57(63-12)51(48-54)33-30-45-67-60(8,9)42-27-24-21-18-15-3/h34-39,46-48H,13-33,40-45H2,1-12H3/q+1. The predicted octanol–water partition coefficient (Wildman–Crippen LogP) is 18.7. The summed E-state index contributed by atoms with van der Waals surface area (Å²) in [5, 5.41) is 1.29. The summed E-state index contributed by atoms with van der Waals surface area (Å²) in [5.74, 6) is 3.06. The van der Waals surface area contributed by atoms with E-state index in [1.165, 1.54) is 184 Å². The van der Waals surface area contributed by atoms with Crippen LogP contribution in [0.15, 0.2) is 69.3 Å². The average molecular weight is 985 g/mol. The molecule has 3 rings (SSSR count). The first-order valence-corrected chi connectivity index (χ1v) is 32.1. The number of hydrogen-bond donors (Lipinski definition) is 0. The van der Waals surface area contributed by atoms with Gasteiger partial charge < -0.3 is 14.2 Å². The second kappa shape index (κ2) is 32.9. The highest BCUT2D eigenvalue weighted by Gasteiger charge is 2.32. The Hall–Kier alpha value is -1.94. The molecule has 6 radical (unpaired) electrons.